The van der Waals surface area contributed by atoms with Crippen molar-refractivity contribution in [3.63, 3.8) is 0 Å². The molecule has 184 valence electrons. The van der Waals surface area contributed by atoms with Crippen LogP contribution in [0.15, 0.2) is 30.3 Å². The van der Waals surface area contributed by atoms with Gasteiger partial charge >= 0.3 is 0 Å². The van der Waals surface area contributed by atoms with E-state index < -0.39 is 0 Å². The van der Waals surface area contributed by atoms with E-state index in [-0.39, 0.29) is 30.5 Å². The maximum Gasteiger partial charge on any atom is 0.243 e. The lowest BCUT2D eigenvalue weighted by Gasteiger charge is -2.37. The van der Waals surface area contributed by atoms with Crippen molar-refractivity contribution < 1.29 is 9.90 Å². The summed E-state index contributed by atoms with van der Waals surface area (Å²) >= 11 is 1.72. The predicted molar refractivity (Wildman–Crippen MR) is 144 cm³/mol. The molecular weight excluding hydrogens is 440 g/mol. The molecule has 0 saturated heterocycles. The van der Waals surface area contributed by atoms with E-state index in [4.69, 9.17) is 0 Å². The summed E-state index contributed by atoms with van der Waals surface area (Å²) < 4.78 is 0. The highest BCUT2D eigenvalue weighted by Crippen LogP contribution is 2.35. The average molecular weight is 481 g/mol. The first kappa shape index (κ1) is 26.3. The average Bonchev–Trinajstić information content (AvgIpc) is 3.28. The molecule has 0 radical (unpaired) electrons. The molecular formula is C29H40N2O2S. The first-order valence-electron chi connectivity index (χ1n) is 12.8. The normalized spacial score (nSPS) is 18.1. The highest BCUT2D eigenvalue weighted by molar-refractivity contribution is 7.16. The zero-order valence-corrected chi connectivity index (χ0v) is 22.0. The Morgan fingerprint density at radius 3 is 2.65 bits per heavy atom. The molecule has 1 aliphatic heterocycles. The molecule has 0 saturated carbocycles. The number of aliphatic hydroxyl groups excluding tert-OH is 1. The van der Waals surface area contributed by atoms with E-state index in [9.17, 15) is 9.90 Å². The molecule has 2 heterocycles. The van der Waals surface area contributed by atoms with Crippen LogP contribution in [0, 0.1) is 17.8 Å². The van der Waals surface area contributed by atoms with Gasteiger partial charge in [-0.05, 0) is 48.1 Å². The largest absolute Gasteiger partial charge is 0.394 e. The van der Waals surface area contributed by atoms with Crippen molar-refractivity contribution in [2.24, 2.45) is 5.92 Å². The zero-order valence-electron chi connectivity index (χ0n) is 21.2. The fourth-order valence-electron chi connectivity index (χ4n) is 4.71. The molecule has 3 rings (SSSR count). The van der Waals surface area contributed by atoms with Crippen LogP contribution in [0.2, 0.25) is 0 Å². The minimum absolute atomic E-state index is 0.0216. The van der Waals surface area contributed by atoms with E-state index in [1.54, 1.807) is 11.3 Å². The summed E-state index contributed by atoms with van der Waals surface area (Å²) in [5.41, 5.74) is 3.35. The van der Waals surface area contributed by atoms with Gasteiger partial charge in [-0.25, -0.2) is 0 Å². The minimum Gasteiger partial charge on any atom is -0.394 e. The Morgan fingerprint density at radius 1 is 1.15 bits per heavy atom. The molecule has 0 fully saturated rings. The third kappa shape index (κ3) is 6.87. The van der Waals surface area contributed by atoms with Crippen LogP contribution in [0.5, 0.6) is 0 Å². The van der Waals surface area contributed by atoms with Crippen LogP contribution in [0.4, 0.5) is 5.69 Å². The smallest absolute Gasteiger partial charge is 0.243 e. The van der Waals surface area contributed by atoms with Gasteiger partial charge < -0.3 is 15.3 Å². The summed E-state index contributed by atoms with van der Waals surface area (Å²) in [6.45, 7) is 6.32. The first-order chi connectivity index (χ1) is 16.4. The van der Waals surface area contributed by atoms with Gasteiger partial charge in [-0.2, -0.15) is 0 Å². The second kappa shape index (κ2) is 13.0. The summed E-state index contributed by atoms with van der Waals surface area (Å²) in [6.07, 6.45) is 9.35. The maximum absolute atomic E-state index is 12.9. The molecule has 1 aromatic heterocycles. The molecule has 4 nitrogen and oxygen atoms in total. The van der Waals surface area contributed by atoms with Crippen LogP contribution < -0.4 is 10.2 Å². The number of fused-ring (bicyclic) bond motifs is 1. The van der Waals surface area contributed by atoms with Crippen LogP contribution in [-0.4, -0.2) is 36.8 Å². The van der Waals surface area contributed by atoms with Crippen molar-refractivity contribution >= 4 is 22.9 Å². The Morgan fingerprint density at radius 2 is 1.91 bits per heavy atom. The van der Waals surface area contributed by atoms with Gasteiger partial charge in [0.1, 0.15) is 6.04 Å². The van der Waals surface area contributed by atoms with Gasteiger partial charge in [0, 0.05) is 24.0 Å². The molecule has 1 amide bonds. The van der Waals surface area contributed by atoms with E-state index in [2.05, 4.69) is 73.2 Å². The van der Waals surface area contributed by atoms with Crippen molar-refractivity contribution in [3.05, 3.63) is 40.8 Å². The van der Waals surface area contributed by atoms with Crippen LogP contribution in [0.3, 0.4) is 0 Å². The summed E-state index contributed by atoms with van der Waals surface area (Å²) in [6, 6.07) is 10.2. The number of rotatable bonds is 9. The number of nitrogens with one attached hydrogen (secondary N) is 1. The molecule has 0 unspecified atom stereocenters. The van der Waals surface area contributed by atoms with E-state index in [1.165, 1.54) is 43.4 Å². The Kier molecular flexibility index (Phi) is 10.0. The van der Waals surface area contributed by atoms with Gasteiger partial charge in [-0.1, -0.05) is 76.8 Å². The summed E-state index contributed by atoms with van der Waals surface area (Å²) in [5, 5.41) is 12.8. The van der Waals surface area contributed by atoms with E-state index in [0.717, 1.165) is 28.1 Å². The molecule has 0 spiro atoms. The van der Waals surface area contributed by atoms with Crippen molar-refractivity contribution in [2.45, 2.75) is 84.2 Å². The Hall–Kier alpha value is -2.29. The maximum atomic E-state index is 12.9. The third-order valence-corrected chi connectivity index (χ3v) is 7.62. The van der Waals surface area contributed by atoms with Crippen LogP contribution >= 0.6 is 11.3 Å². The van der Waals surface area contributed by atoms with Crippen molar-refractivity contribution in [3.8, 4) is 22.3 Å². The molecule has 5 heteroatoms. The number of hydrogen-bond donors (Lipinski definition) is 2. The second-order valence-corrected chi connectivity index (χ2v) is 10.8. The molecule has 34 heavy (non-hydrogen) atoms. The number of aliphatic hydroxyl groups is 1. The molecule has 2 atom stereocenters. The number of carbonyl (C=O) groups excluding carboxylic acids is 1. The Balaban J connectivity index is 1.75. The monoisotopic (exact) mass is 480 g/mol. The van der Waals surface area contributed by atoms with E-state index >= 15 is 0 Å². The van der Waals surface area contributed by atoms with Gasteiger partial charge in [-0.3, -0.25) is 4.79 Å². The number of thiophene rings is 1. The summed E-state index contributed by atoms with van der Waals surface area (Å²) in [5.74, 6) is 6.82. The fraction of sp³-hybridized carbons (Fsp3) is 0.552. The molecule has 0 bridgehead atoms. The lowest BCUT2D eigenvalue weighted by atomic mass is 9.94. The quantitative estimate of drug-likeness (QED) is 0.341. The van der Waals surface area contributed by atoms with Gasteiger partial charge in [-0.15, -0.1) is 11.3 Å². The lowest BCUT2D eigenvalue weighted by Crippen LogP contribution is -2.54. The third-order valence-electron chi connectivity index (χ3n) is 6.57. The topological polar surface area (TPSA) is 52.6 Å². The van der Waals surface area contributed by atoms with Crippen molar-refractivity contribution in [2.75, 3.05) is 18.6 Å². The van der Waals surface area contributed by atoms with E-state index in [0.29, 0.717) is 6.42 Å². The summed E-state index contributed by atoms with van der Waals surface area (Å²) in [4.78, 5) is 17.3. The number of hydrogen-bond acceptors (Lipinski definition) is 4. The van der Waals surface area contributed by atoms with Crippen molar-refractivity contribution in [1.82, 2.24) is 5.32 Å². The molecule has 0 aliphatic carbocycles. The van der Waals surface area contributed by atoms with Gasteiger partial charge in [0.2, 0.25) is 5.91 Å². The number of likely N-dealkylation sites (N-methyl/N-ethyl adjacent to an activating group) is 1. The molecule has 1 aromatic carbocycles. The number of unbranched alkanes of at least 4 members (excludes halogenated alkanes) is 6. The first-order valence-corrected chi connectivity index (χ1v) is 13.6. The SMILES string of the molecule is CCCCCCCCC#Cc1ccc(-c2ccc3c(c2)N(C)[C@@H](C(C)C)C(=O)N[C@H](CO)C3)s1. The zero-order chi connectivity index (χ0) is 24.5. The van der Waals surface area contributed by atoms with Gasteiger partial charge in [0.05, 0.1) is 17.5 Å². The predicted octanol–water partition coefficient (Wildman–Crippen LogP) is 6.01. The summed E-state index contributed by atoms with van der Waals surface area (Å²) in [7, 11) is 2.00. The van der Waals surface area contributed by atoms with Crippen LogP contribution in [0.25, 0.3) is 10.4 Å². The number of amides is 1. The van der Waals surface area contributed by atoms with Crippen LogP contribution in [0.1, 0.15) is 76.2 Å². The second-order valence-electron chi connectivity index (χ2n) is 9.72. The highest BCUT2D eigenvalue weighted by Gasteiger charge is 2.32. The lowest BCUT2D eigenvalue weighted by molar-refractivity contribution is -0.124. The molecule has 2 aromatic rings. The van der Waals surface area contributed by atoms with Gasteiger partial charge in [0.25, 0.3) is 0 Å². The van der Waals surface area contributed by atoms with Crippen LogP contribution in [-0.2, 0) is 11.2 Å². The van der Waals surface area contributed by atoms with Gasteiger partial charge in [0.15, 0.2) is 0 Å². The standard InChI is InChI=1S/C29H40N2O2S/c1-5-6-7-8-9-10-11-12-13-25-16-17-27(34-25)23-15-14-22-18-24(20-32)30-29(33)28(21(2)3)31(4)26(22)19-23/h14-17,19,21,24,28,32H,5-11,18,20H2,1-4H3,(H,30,33)/t24-,28-/m0/s1. The number of anilines is 1. The Labute approximate surface area is 209 Å². The molecule has 2 N–H and O–H groups in total. The van der Waals surface area contributed by atoms with Crippen molar-refractivity contribution in [1.29, 1.82) is 0 Å². The minimum atomic E-state index is -0.282. The number of nitrogens with zero attached hydrogens (tertiary/aromatic N) is 1. The molecule has 1 aliphatic rings. The Bertz CT molecular complexity index is 1000. The highest BCUT2D eigenvalue weighted by atomic mass is 32.1. The number of benzene rings is 1. The number of carbonyl (C=O) groups is 1. The fourth-order valence-corrected chi connectivity index (χ4v) is 5.59. The van der Waals surface area contributed by atoms with E-state index in [1.807, 2.05) is 7.05 Å².